The highest BCUT2D eigenvalue weighted by atomic mass is 16.5. The number of ether oxygens (including phenoxy) is 2. The van der Waals surface area contributed by atoms with Gasteiger partial charge in [0, 0.05) is 32.5 Å². The molecular weight excluding hydrogens is 328 g/mol. The molecule has 1 fully saturated rings. The SMILES string of the molecule is COc1ccc(CN2CCC3(CC2)CC(=O)Nc2ccccc2O3)cc1. The Balaban J connectivity index is 1.42. The van der Waals surface area contributed by atoms with Crippen molar-refractivity contribution in [2.24, 2.45) is 0 Å². The molecular formula is C21H24N2O3. The van der Waals surface area contributed by atoms with E-state index in [9.17, 15) is 4.79 Å². The number of nitrogens with zero attached hydrogens (tertiary/aromatic N) is 1. The molecule has 0 aliphatic carbocycles. The number of carbonyl (C=O) groups is 1. The Morgan fingerprint density at radius 3 is 2.58 bits per heavy atom. The van der Waals surface area contributed by atoms with Crippen molar-refractivity contribution < 1.29 is 14.3 Å². The van der Waals surface area contributed by atoms with Crippen LogP contribution in [-0.4, -0.2) is 36.6 Å². The predicted octanol–water partition coefficient (Wildman–Crippen LogP) is 3.45. The van der Waals surface area contributed by atoms with E-state index < -0.39 is 5.60 Å². The maximum atomic E-state index is 12.3. The van der Waals surface area contributed by atoms with Crippen LogP contribution in [0.3, 0.4) is 0 Å². The molecule has 26 heavy (non-hydrogen) atoms. The maximum Gasteiger partial charge on any atom is 0.228 e. The van der Waals surface area contributed by atoms with Crippen molar-refractivity contribution in [3.8, 4) is 11.5 Å². The van der Waals surface area contributed by atoms with E-state index in [0.29, 0.717) is 6.42 Å². The lowest BCUT2D eigenvalue weighted by Crippen LogP contribution is -2.48. The minimum atomic E-state index is -0.396. The van der Waals surface area contributed by atoms with Gasteiger partial charge in [0.1, 0.15) is 17.1 Å². The average molecular weight is 352 g/mol. The molecule has 0 radical (unpaired) electrons. The topological polar surface area (TPSA) is 50.8 Å². The summed E-state index contributed by atoms with van der Waals surface area (Å²) in [6, 6.07) is 15.9. The molecule has 0 atom stereocenters. The van der Waals surface area contributed by atoms with Crippen LogP contribution in [0.15, 0.2) is 48.5 Å². The van der Waals surface area contributed by atoms with Crippen molar-refractivity contribution in [1.82, 2.24) is 4.90 Å². The summed E-state index contributed by atoms with van der Waals surface area (Å²) in [5, 5.41) is 2.97. The molecule has 4 rings (SSSR count). The summed E-state index contributed by atoms with van der Waals surface area (Å²) in [7, 11) is 1.68. The van der Waals surface area contributed by atoms with Crippen molar-refractivity contribution >= 4 is 11.6 Å². The highest BCUT2D eigenvalue weighted by Gasteiger charge is 2.40. The smallest absolute Gasteiger partial charge is 0.228 e. The molecule has 1 amide bonds. The first-order chi connectivity index (χ1) is 12.7. The minimum absolute atomic E-state index is 0.0403. The van der Waals surface area contributed by atoms with E-state index in [4.69, 9.17) is 9.47 Å². The number of hydrogen-bond donors (Lipinski definition) is 1. The fraction of sp³-hybridized carbons (Fsp3) is 0.381. The van der Waals surface area contributed by atoms with Gasteiger partial charge < -0.3 is 14.8 Å². The summed E-state index contributed by atoms with van der Waals surface area (Å²) in [5.74, 6) is 1.70. The van der Waals surface area contributed by atoms with Gasteiger partial charge in [0.05, 0.1) is 19.2 Å². The van der Waals surface area contributed by atoms with Gasteiger partial charge in [-0.15, -0.1) is 0 Å². The molecule has 2 aliphatic rings. The van der Waals surface area contributed by atoms with Crippen molar-refractivity contribution in [2.75, 3.05) is 25.5 Å². The summed E-state index contributed by atoms with van der Waals surface area (Å²) in [4.78, 5) is 14.8. The molecule has 2 aromatic carbocycles. The van der Waals surface area contributed by atoms with Crippen molar-refractivity contribution in [3.63, 3.8) is 0 Å². The van der Waals surface area contributed by atoms with Gasteiger partial charge in [-0.1, -0.05) is 24.3 Å². The number of amides is 1. The number of nitrogens with one attached hydrogen (secondary N) is 1. The number of benzene rings is 2. The Morgan fingerprint density at radius 2 is 1.85 bits per heavy atom. The lowest BCUT2D eigenvalue weighted by Gasteiger charge is -2.40. The number of rotatable bonds is 3. The van der Waals surface area contributed by atoms with E-state index in [1.165, 1.54) is 5.56 Å². The Labute approximate surface area is 153 Å². The number of carbonyl (C=O) groups excluding carboxylic acids is 1. The molecule has 1 spiro atoms. The van der Waals surface area contributed by atoms with Gasteiger partial charge in [-0.3, -0.25) is 9.69 Å². The summed E-state index contributed by atoms with van der Waals surface area (Å²) in [5.41, 5.74) is 1.65. The Morgan fingerprint density at radius 1 is 1.12 bits per heavy atom. The number of anilines is 1. The molecule has 5 heteroatoms. The number of fused-ring (bicyclic) bond motifs is 1. The standard InChI is InChI=1S/C21H24N2O3/c1-25-17-8-6-16(7-9-17)15-23-12-10-21(11-13-23)14-20(24)22-18-4-2-3-5-19(18)26-21/h2-9H,10-15H2,1H3,(H,22,24). The third-order valence-corrected chi connectivity index (χ3v) is 5.30. The Bertz CT molecular complexity index is 780. The van der Waals surface area contributed by atoms with E-state index in [0.717, 1.165) is 49.7 Å². The lowest BCUT2D eigenvalue weighted by molar-refractivity contribution is -0.121. The molecule has 2 aliphatic heterocycles. The van der Waals surface area contributed by atoms with Gasteiger partial charge >= 0.3 is 0 Å². The number of methoxy groups -OCH3 is 1. The fourth-order valence-corrected chi connectivity index (χ4v) is 3.80. The fourth-order valence-electron chi connectivity index (χ4n) is 3.80. The van der Waals surface area contributed by atoms with Crippen molar-refractivity contribution in [2.45, 2.75) is 31.4 Å². The summed E-state index contributed by atoms with van der Waals surface area (Å²) < 4.78 is 11.6. The number of piperidine rings is 1. The van der Waals surface area contributed by atoms with Gasteiger partial charge in [-0.05, 0) is 29.8 Å². The first-order valence-electron chi connectivity index (χ1n) is 9.09. The molecule has 2 aromatic rings. The summed E-state index contributed by atoms with van der Waals surface area (Å²) in [6.07, 6.45) is 2.12. The largest absolute Gasteiger partial charge is 0.497 e. The zero-order chi connectivity index (χ0) is 18.0. The van der Waals surface area contributed by atoms with Crippen molar-refractivity contribution in [1.29, 1.82) is 0 Å². The van der Waals surface area contributed by atoms with Gasteiger partial charge in [-0.2, -0.15) is 0 Å². The minimum Gasteiger partial charge on any atom is -0.497 e. The van der Waals surface area contributed by atoms with Crippen LogP contribution in [0.4, 0.5) is 5.69 Å². The zero-order valence-corrected chi connectivity index (χ0v) is 15.0. The molecule has 0 unspecified atom stereocenters. The van der Waals surface area contributed by atoms with E-state index in [1.54, 1.807) is 7.11 Å². The molecule has 1 N–H and O–H groups in total. The van der Waals surface area contributed by atoms with Gasteiger partial charge in [0.2, 0.25) is 5.91 Å². The molecule has 2 heterocycles. The number of hydrogen-bond acceptors (Lipinski definition) is 4. The maximum absolute atomic E-state index is 12.3. The second kappa shape index (κ2) is 7.00. The lowest BCUT2D eigenvalue weighted by atomic mass is 9.87. The molecule has 5 nitrogen and oxygen atoms in total. The van der Waals surface area contributed by atoms with Crippen molar-refractivity contribution in [3.05, 3.63) is 54.1 Å². The highest BCUT2D eigenvalue weighted by Crippen LogP contribution is 2.38. The van der Waals surface area contributed by atoms with Gasteiger partial charge in [0.25, 0.3) is 0 Å². The van der Waals surface area contributed by atoms with Crippen LogP contribution in [0.5, 0.6) is 11.5 Å². The van der Waals surface area contributed by atoms with E-state index >= 15 is 0 Å². The summed E-state index contributed by atoms with van der Waals surface area (Å²) >= 11 is 0. The van der Waals surface area contributed by atoms with E-state index in [-0.39, 0.29) is 5.91 Å². The van der Waals surface area contributed by atoms with Crippen LogP contribution in [0.25, 0.3) is 0 Å². The van der Waals surface area contributed by atoms with E-state index in [2.05, 4.69) is 22.3 Å². The van der Waals surface area contributed by atoms with Crippen LogP contribution in [0.2, 0.25) is 0 Å². The normalized spacial score (nSPS) is 19.2. The molecule has 136 valence electrons. The van der Waals surface area contributed by atoms with Gasteiger partial charge in [-0.25, -0.2) is 0 Å². The summed E-state index contributed by atoms with van der Waals surface area (Å²) in [6.45, 7) is 2.74. The number of likely N-dealkylation sites (tertiary alicyclic amines) is 1. The first-order valence-corrected chi connectivity index (χ1v) is 9.09. The zero-order valence-electron chi connectivity index (χ0n) is 15.0. The quantitative estimate of drug-likeness (QED) is 0.919. The predicted molar refractivity (Wildman–Crippen MR) is 101 cm³/mol. The Hall–Kier alpha value is -2.53. The molecule has 0 aromatic heterocycles. The van der Waals surface area contributed by atoms with Crippen LogP contribution in [0, 0.1) is 0 Å². The average Bonchev–Trinajstić information content (AvgIpc) is 2.79. The van der Waals surface area contributed by atoms with Crippen LogP contribution < -0.4 is 14.8 Å². The Kier molecular flexibility index (Phi) is 4.55. The molecule has 1 saturated heterocycles. The van der Waals surface area contributed by atoms with Gasteiger partial charge in [0.15, 0.2) is 0 Å². The molecule has 0 bridgehead atoms. The first kappa shape index (κ1) is 16.9. The third kappa shape index (κ3) is 3.53. The monoisotopic (exact) mass is 352 g/mol. The van der Waals surface area contributed by atoms with Crippen LogP contribution in [0.1, 0.15) is 24.8 Å². The second-order valence-corrected chi connectivity index (χ2v) is 7.13. The highest BCUT2D eigenvalue weighted by molar-refractivity contribution is 5.93. The number of para-hydroxylation sites is 2. The van der Waals surface area contributed by atoms with Crippen LogP contribution in [-0.2, 0) is 11.3 Å². The second-order valence-electron chi connectivity index (χ2n) is 7.13. The third-order valence-electron chi connectivity index (χ3n) is 5.30. The van der Waals surface area contributed by atoms with E-state index in [1.807, 2.05) is 36.4 Å². The molecule has 0 saturated carbocycles. The van der Waals surface area contributed by atoms with Crippen LogP contribution >= 0.6 is 0 Å².